The number of benzene rings is 1. The highest BCUT2D eigenvalue weighted by Crippen LogP contribution is 2.18. The van der Waals surface area contributed by atoms with E-state index in [1.165, 1.54) is 7.11 Å². The van der Waals surface area contributed by atoms with E-state index in [0.29, 0.717) is 6.61 Å². The quantitative estimate of drug-likeness (QED) is 0.693. The minimum Gasteiger partial charge on any atom is -0.492 e. The first-order valence-corrected chi connectivity index (χ1v) is 4.69. The summed E-state index contributed by atoms with van der Waals surface area (Å²) in [6.07, 6.45) is 1.97. The van der Waals surface area contributed by atoms with Gasteiger partial charge in [-0.05, 0) is 6.07 Å². The Bertz CT molecular complexity index is 344. The lowest BCUT2D eigenvalue weighted by atomic mass is 10.2. The standard InChI is InChI=1S/C12H14O3/c1-3-10-6-4-5-7-11(10)15-9-8-12(13)14-2/h3-7H,1,8-9H2,2H3. The largest absolute Gasteiger partial charge is 0.492 e. The van der Waals surface area contributed by atoms with Gasteiger partial charge >= 0.3 is 5.97 Å². The van der Waals surface area contributed by atoms with Crippen molar-refractivity contribution in [2.24, 2.45) is 0 Å². The van der Waals surface area contributed by atoms with E-state index in [2.05, 4.69) is 11.3 Å². The molecule has 0 saturated heterocycles. The van der Waals surface area contributed by atoms with Gasteiger partial charge in [0.25, 0.3) is 0 Å². The van der Waals surface area contributed by atoms with Gasteiger partial charge in [0.2, 0.25) is 0 Å². The summed E-state index contributed by atoms with van der Waals surface area (Å²) in [5.41, 5.74) is 0.919. The molecule has 0 aromatic heterocycles. The first-order valence-electron chi connectivity index (χ1n) is 4.69. The van der Waals surface area contributed by atoms with Crippen molar-refractivity contribution in [1.29, 1.82) is 0 Å². The Balaban J connectivity index is 2.50. The Labute approximate surface area is 89.3 Å². The van der Waals surface area contributed by atoms with Crippen molar-refractivity contribution in [2.45, 2.75) is 6.42 Å². The van der Waals surface area contributed by atoms with E-state index in [-0.39, 0.29) is 12.4 Å². The average Bonchev–Trinajstić information content (AvgIpc) is 2.29. The number of methoxy groups -OCH3 is 1. The van der Waals surface area contributed by atoms with Crippen molar-refractivity contribution >= 4 is 12.0 Å². The van der Waals surface area contributed by atoms with Gasteiger partial charge < -0.3 is 9.47 Å². The molecule has 80 valence electrons. The molecule has 15 heavy (non-hydrogen) atoms. The summed E-state index contributed by atoms with van der Waals surface area (Å²) < 4.78 is 9.93. The summed E-state index contributed by atoms with van der Waals surface area (Å²) in [6, 6.07) is 7.53. The Morgan fingerprint density at radius 1 is 1.47 bits per heavy atom. The molecule has 0 spiro atoms. The summed E-state index contributed by atoms with van der Waals surface area (Å²) in [7, 11) is 1.36. The molecule has 0 unspecified atom stereocenters. The van der Waals surface area contributed by atoms with Gasteiger partial charge in [-0.1, -0.05) is 30.9 Å². The van der Waals surface area contributed by atoms with Crippen LogP contribution in [0.15, 0.2) is 30.8 Å². The van der Waals surface area contributed by atoms with Crippen LogP contribution in [-0.2, 0) is 9.53 Å². The highest BCUT2D eigenvalue weighted by atomic mass is 16.5. The van der Waals surface area contributed by atoms with Crippen LogP contribution in [0.5, 0.6) is 5.75 Å². The molecule has 0 bridgehead atoms. The number of carbonyl (C=O) groups is 1. The minimum absolute atomic E-state index is 0.252. The van der Waals surface area contributed by atoms with Crippen LogP contribution in [0, 0.1) is 0 Å². The third kappa shape index (κ3) is 3.46. The number of ether oxygens (including phenoxy) is 2. The van der Waals surface area contributed by atoms with Crippen molar-refractivity contribution in [2.75, 3.05) is 13.7 Å². The number of rotatable bonds is 5. The van der Waals surface area contributed by atoms with Gasteiger partial charge in [-0.25, -0.2) is 0 Å². The highest BCUT2D eigenvalue weighted by Gasteiger charge is 2.02. The zero-order valence-corrected chi connectivity index (χ0v) is 8.73. The van der Waals surface area contributed by atoms with Crippen LogP contribution in [0.3, 0.4) is 0 Å². The van der Waals surface area contributed by atoms with Crippen LogP contribution >= 0.6 is 0 Å². The maximum absolute atomic E-state index is 10.8. The second kappa shape index (κ2) is 5.86. The van der Waals surface area contributed by atoms with Gasteiger partial charge in [-0.2, -0.15) is 0 Å². The van der Waals surface area contributed by atoms with Gasteiger partial charge in [0, 0.05) is 5.56 Å². The van der Waals surface area contributed by atoms with Gasteiger partial charge in [-0.3, -0.25) is 4.79 Å². The Kier molecular flexibility index (Phi) is 4.41. The first kappa shape index (κ1) is 11.3. The molecular weight excluding hydrogens is 192 g/mol. The van der Waals surface area contributed by atoms with Crippen LogP contribution in [0.4, 0.5) is 0 Å². The third-order valence-electron chi connectivity index (χ3n) is 1.93. The van der Waals surface area contributed by atoms with Crippen molar-refractivity contribution in [3.63, 3.8) is 0 Å². The SMILES string of the molecule is C=Cc1ccccc1OCCC(=O)OC. The molecule has 3 nitrogen and oxygen atoms in total. The summed E-state index contributed by atoms with van der Waals surface area (Å²) in [6.45, 7) is 4.00. The average molecular weight is 206 g/mol. The maximum atomic E-state index is 10.8. The van der Waals surface area contributed by atoms with Crippen LogP contribution in [0.2, 0.25) is 0 Å². The van der Waals surface area contributed by atoms with E-state index >= 15 is 0 Å². The zero-order chi connectivity index (χ0) is 11.1. The molecule has 0 atom stereocenters. The van der Waals surface area contributed by atoms with E-state index in [1.807, 2.05) is 24.3 Å². The van der Waals surface area contributed by atoms with Crippen molar-refractivity contribution in [1.82, 2.24) is 0 Å². The monoisotopic (exact) mass is 206 g/mol. The Morgan fingerprint density at radius 3 is 2.87 bits per heavy atom. The number of hydrogen-bond acceptors (Lipinski definition) is 3. The lowest BCUT2D eigenvalue weighted by molar-refractivity contribution is -0.141. The molecule has 0 aliphatic rings. The molecule has 0 heterocycles. The molecule has 1 aromatic rings. The number of hydrogen-bond donors (Lipinski definition) is 0. The van der Waals surface area contributed by atoms with Crippen LogP contribution in [0.1, 0.15) is 12.0 Å². The smallest absolute Gasteiger partial charge is 0.308 e. The molecule has 0 saturated carbocycles. The van der Waals surface area contributed by atoms with Gasteiger partial charge in [-0.15, -0.1) is 0 Å². The highest BCUT2D eigenvalue weighted by molar-refractivity contribution is 5.69. The fraction of sp³-hybridized carbons (Fsp3) is 0.250. The lowest BCUT2D eigenvalue weighted by Crippen LogP contribution is -2.07. The van der Waals surface area contributed by atoms with E-state index in [0.717, 1.165) is 11.3 Å². The summed E-state index contributed by atoms with van der Waals surface area (Å²) >= 11 is 0. The molecule has 0 fully saturated rings. The molecule has 1 aromatic carbocycles. The lowest BCUT2D eigenvalue weighted by Gasteiger charge is -2.07. The molecule has 0 amide bonds. The van der Waals surface area contributed by atoms with E-state index in [9.17, 15) is 4.79 Å². The fourth-order valence-electron chi connectivity index (χ4n) is 1.13. The van der Waals surface area contributed by atoms with E-state index < -0.39 is 0 Å². The summed E-state index contributed by atoms with van der Waals surface area (Å²) in [5, 5.41) is 0. The van der Waals surface area contributed by atoms with E-state index in [1.54, 1.807) is 6.08 Å². The predicted molar refractivity (Wildman–Crippen MR) is 58.7 cm³/mol. The number of carbonyl (C=O) groups excluding carboxylic acids is 1. The Morgan fingerprint density at radius 2 is 2.20 bits per heavy atom. The molecule has 1 rings (SSSR count). The fourth-order valence-corrected chi connectivity index (χ4v) is 1.13. The second-order valence-electron chi connectivity index (χ2n) is 2.92. The molecular formula is C12H14O3. The van der Waals surface area contributed by atoms with Crippen LogP contribution in [0.25, 0.3) is 6.08 Å². The third-order valence-corrected chi connectivity index (χ3v) is 1.93. The predicted octanol–water partition coefficient (Wildman–Crippen LogP) is 2.27. The number of esters is 1. The normalized spacial score (nSPS) is 9.40. The van der Waals surface area contributed by atoms with Crippen LogP contribution in [-0.4, -0.2) is 19.7 Å². The topological polar surface area (TPSA) is 35.5 Å². The minimum atomic E-state index is -0.272. The summed E-state index contributed by atoms with van der Waals surface area (Å²) in [5.74, 6) is 0.461. The molecule has 0 radical (unpaired) electrons. The number of para-hydroxylation sites is 1. The van der Waals surface area contributed by atoms with Crippen molar-refractivity contribution in [3.8, 4) is 5.75 Å². The van der Waals surface area contributed by atoms with Gasteiger partial charge in [0.05, 0.1) is 20.1 Å². The summed E-state index contributed by atoms with van der Waals surface area (Å²) in [4.78, 5) is 10.8. The molecule has 3 heteroatoms. The van der Waals surface area contributed by atoms with Crippen LogP contribution < -0.4 is 4.74 Å². The van der Waals surface area contributed by atoms with Crippen molar-refractivity contribution < 1.29 is 14.3 Å². The second-order valence-corrected chi connectivity index (χ2v) is 2.92. The molecule has 0 N–H and O–H groups in total. The van der Waals surface area contributed by atoms with Gasteiger partial charge in [0.1, 0.15) is 5.75 Å². The van der Waals surface area contributed by atoms with Gasteiger partial charge in [0.15, 0.2) is 0 Å². The Hall–Kier alpha value is -1.77. The zero-order valence-electron chi connectivity index (χ0n) is 8.73. The molecule has 0 aliphatic carbocycles. The molecule has 0 aliphatic heterocycles. The van der Waals surface area contributed by atoms with Crippen molar-refractivity contribution in [3.05, 3.63) is 36.4 Å². The maximum Gasteiger partial charge on any atom is 0.308 e. The first-order chi connectivity index (χ1) is 7.27. The van der Waals surface area contributed by atoms with E-state index in [4.69, 9.17) is 4.74 Å².